The van der Waals surface area contributed by atoms with Crippen LogP contribution in [0.15, 0.2) is 22.3 Å². The minimum absolute atomic E-state index is 0.0619. The molecule has 0 radical (unpaired) electrons. The number of rotatable bonds is 11. The largest absolute Gasteiger partial charge is 0.345 e. The van der Waals surface area contributed by atoms with Crippen molar-refractivity contribution in [2.45, 2.75) is 43.9 Å². The van der Waals surface area contributed by atoms with E-state index in [9.17, 15) is 4.79 Å². The summed E-state index contributed by atoms with van der Waals surface area (Å²) in [4.78, 5) is 28.8. The van der Waals surface area contributed by atoms with E-state index in [1.165, 1.54) is 11.8 Å². The summed E-state index contributed by atoms with van der Waals surface area (Å²) in [6.07, 6.45) is 2.09. The minimum Gasteiger partial charge on any atom is -0.345 e. The highest BCUT2D eigenvalue weighted by Crippen LogP contribution is 2.22. The van der Waals surface area contributed by atoms with Gasteiger partial charge >= 0.3 is 0 Å². The van der Waals surface area contributed by atoms with Crippen molar-refractivity contribution in [3.63, 3.8) is 0 Å². The summed E-state index contributed by atoms with van der Waals surface area (Å²) in [7, 11) is 1.80. The van der Waals surface area contributed by atoms with Crippen LogP contribution in [0.1, 0.15) is 33.6 Å². The number of hydrogen-bond acceptors (Lipinski definition) is 7. The van der Waals surface area contributed by atoms with Gasteiger partial charge in [-0.05, 0) is 18.2 Å². The maximum absolute atomic E-state index is 11.3. The van der Waals surface area contributed by atoms with Gasteiger partial charge in [-0.15, -0.1) is 0 Å². The van der Waals surface area contributed by atoms with E-state index in [0.29, 0.717) is 16.9 Å². The smallest absolute Gasteiger partial charge is 0.230 e. The predicted molar refractivity (Wildman–Crippen MR) is 103 cm³/mol. The lowest BCUT2D eigenvalue weighted by atomic mass is 10.4. The van der Waals surface area contributed by atoms with Crippen LogP contribution in [0, 0.1) is 0 Å². The SMILES string of the molecule is C=CSc1nc(SCCN(C)C(C)=O)nc(N(CCC)CCC)n1. The fraction of sp³-hybridized carbons (Fsp3) is 0.625. The van der Waals surface area contributed by atoms with E-state index >= 15 is 0 Å². The number of hydrogen-bond donors (Lipinski definition) is 0. The number of nitrogens with zero attached hydrogens (tertiary/aromatic N) is 5. The Morgan fingerprint density at radius 2 is 1.75 bits per heavy atom. The molecule has 0 spiro atoms. The highest BCUT2D eigenvalue weighted by atomic mass is 32.2. The van der Waals surface area contributed by atoms with Gasteiger partial charge in [0.25, 0.3) is 0 Å². The fourth-order valence-corrected chi connectivity index (χ4v) is 3.27. The molecule has 0 saturated carbocycles. The third-order valence-corrected chi connectivity index (χ3v) is 4.62. The molecular weight excluding hydrogens is 342 g/mol. The first kappa shape index (κ1) is 20.8. The standard InChI is InChI=1S/C16H27N5OS2/c1-6-9-21(10-7-2)14-17-15(23-8-3)19-16(18-14)24-12-11-20(5)13(4)22/h8H,3,6-7,9-12H2,1-2,4-5H3. The maximum Gasteiger partial charge on any atom is 0.230 e. The Morgan fingerprint density at radius 3 is 2.29 bits per heavy atom. The predicted octanol–water partition coefficient (Wildman–Crippen LogP) is 3.30. The van der Waals surface area contributed by atoms with E-state index in [0.717, 1.165) is 37.6 Å². The second-order valence-corrected chi connectivity index (χ2v) is 7.26. The molecule has 0 aliphatic rings. The van der Waals surface area contributed by atoms with Gasteiger partial charge in [-0.1, -0.05) is 44.0 Å². The zero-order chi connectivity index (χ0) is 17.9. The summed E-state index contributed by atoms with van der Waals surface area (Å²) in [5.74, 6) is 1.53. The first-order valence-electron chi connectivity index (χ1n) is 8.14. The van der Waals surface area contributed by atoms with Gasteiger partial charge in [0.05, 0.1) is 0 Å². The third kappa shape index (κ3) is 7.09. The lowest BCUT2D eigenvalue weighted by molar-refractivity contribution is -0.127. The summed E-state index contributed by atoms with van der Waals surface area (Å²) >= 11 is 2.94. The van der Waals surface area contributed by atoms with Gasteiger partial charge in [-0.25, -0.2) is 0 Å². The van der Waals surface area contributed by atoms with Crippen molar-refractivity contribution in [3.05, 3.63) is 12.0 Å². The van der Waals surface area contributed by atoms with Gasteiger partial charge in [-0.2, -0.15) is 15.0 Å². The highest BCUT2D eigenvalue weighted by molar-refractivity contribution is 8.02. The van der Waals surface area contributed by atoms with Gasteiger partial charge in [0.1, 0.15) is 0 Å². The average Bonchev–Trinajstić information content (AvgIpc) is 2.54. The molecule has 1 rings (SSSR count). The molecule has 0 N–H and O–H groups in total. The van der Waals surface area contributed by atoms with Crippen LogP contribution in [0.4, 0.5) is 5.95 Å². The molecule has 24 heavy (non-hydrogen) atoms. The normalized spacial score (nSPS) is 10.5. The molecule has 6 nitrogen and oxygen atoms in total. The molecule has 0 unspecified atom stereocenters. The Labute approximate surface area is 153 Å². The van der Waals surface area contributed by atoms with Crippen LogP contribution in [-0.2, 0) is 4.79 Å². The van der Waals surface area contributed by atoms with Crippen LogP contribution >= 0.6 is 23.5 Å². The molecule has 0 atom stereocenters. The topological polar surface area (TPSA) is 62.2 Å². The van der Waals surface area contributed by atoms with Gasteiger partial charge in [0.2, 0.25) is 11.9 Å². The molecule has 8 heteroatoms. The third-order valence-electron chi connectivity index (χ3n) is 3.24. The lowest BCUT2D eigenvalue weighted by Crippen LogP contribution is -2.27. The number of amides is 1. The number of carbonyl (C=O) groups excluding carboxylic acids is 1. The molecule has 0 aliphatic heterocycles. The van der Waals surface area contributed by atoms with Crippen LogP contribution in [0.3, 0.4) is 0 Å². The van der Waals surface area contributed by atoms with E-state index in [2.05, 4.69) is 40.3 Å². The average molecular weight is 370 g/mol. The van der Waals surface area contributed by atoms with E-state index in [4.69, 9.17) is 0 Å². The van der Waals surface area contributed by atoms with E-state index in [1.807, 2.05) is 0 Å². The number of anilines is 1. The second-order valence-electron chi connectivity index (χ2n) is 5.26. The minimum atomic E-state index is 0.0619. The van der Waals surface area contributed by atoms with Gasteiger partial charge in [0, 0.05) is 39.4 Å². The van der Waals surface area contributed by atoms with Crippen molar-refractivity contribution in [1.29, 1.82) is 0 Å². The molecule has 0 aliphatic carbocycles. The Balaban J connectivity index is 2.89. The van der Waals surface area contributed by atoms with Crippen LogP contribution in [0.2, 0.25) is 0 Å². The van der Waals surface area contributed by atoms with Crippen LogP contribution < -0.4 is 4.90 Å². The first-order chi connectivity index (χ1) is 11.5. The van der Waals surface area contributed by atoms with Gasteiger partial charge < -0.3 is 9.80 Å². The van der Waals surface area contributed by atoms with Crippen LogP contribution in [0.25, 0.3) is 0 Å². The number of aromatic nitrogens is 3. The van der Waals surface area contributed by atoms with Crippen molar-refractivity contribution in [2.24, 2.45) is 0 Å². The fourth-order valence-electron chi connectivity index (χ4n) is 1.94. The Hall–Kier alpha value is -1.28. The second kappa shape index (κ2) is 11.3. The summed E-state index contributed by atoms with van der Waals surface area (Å²) in [6.45, 7) is 12.1. The van der Waals surface area contributed by atoms with Crippen LogP contribution in [0.5, 0.6) is 0 Å². The molecule has 1 aromatic heterocycles. The quantitative estimate of drug-likeness (QED) is 0.555. The molecule has 1 aromatic rings. The Morgan fingerprint density at radius 1 is 1.12 bits per heavy atom. The monoisotopic (exact) mass is 369 g/mol. The number of thioether (sulfide) groups is 2. The molecule has 0 saturated heterocycles. The maximum atomic E-state index is 11.3. The van der Waals surface area contributed by atoms with Crippen molar-refractivity contribution in [1.82, 2.24) is 19.9 Å². The zero-order valence-corrected chi connectivity index (χ0v) is 16.6. The van der Waals surface area contributed by atoms with Crippen molar-refractivity contribution >= 4 is 35.4 Å². The van der Waals surface area contributed by atoms with Crippen LogP contribution in [-0.4, -0.2) is 58.2 Å². The lowest BCUT2D eigenvalue weighted by Gasteiger charge is -2.22. The molecule has 1 heterocycles. The van der Waals surface area contributed by atoms with Crippen molar-refractivity contribution < 1.29 is 4.79 Å². The molecule has 0 aromatic carbocycles. The summed E-state index contributed by atoms with van der Waals surface area (Å²) < 4.78 is 0. The zero-order valence-electron chi connectivity index (χ0n) is 15.0. The van der Waals surface area contributed by atoms with Crippen molar-refractivity contribution in [2.75, 3.05) is 37.3 Å². The van der Waals surface area contributed by atoms with E-state index < -0.39 is 0 Å². The molecule has 1 amide bonds. The van der Waals surface area contributed by atoms with E-state index in [1.54, 1.807) is 36.0 Å². The summed E-state index contributed by atoms with van der Waals surface area (Å²) in [5.41, 5.74) is 0. The highest BCUT2D eigenvalue weighted by Gasteiger charge is 2.13. The molecular formula is C16H27N5OS2. The molecule has 134 valence electrons. The first-order valence-corrected chi connectivity index (χ1v) is 10.0. The van der Waals surface area contributed by atoms with Gasteiger partial charge in [0.15, 0.2) is 10.3 Å². The van der Waals surface area contributed by atoms with Crippen molar-refractivity contribution in [3.8, 4) is 0 Å². The Kier molecular flexibility index (Phi) is 9.78. The molecule has 0 fully saturated rings. The van der Waals surface area contributed by atoms with E-state index in [-0.39, 0.29) is 5.91 Å². The summed E-state index contributed by atoms with van der Waals surface area (Å²) in [6, 6.07) is 0. The van der Waals surface area contributed by atoms with Gasteiger partial charge in [-0.3, -0.25) is 4.79 Å². The molecule has 0 bridgehead atoms. The summed E-state index contributed by atoms with van der Waals surface area (Å²) in [5, 5.41) is 3.08. The Bertz CT molecular complexity index is 535. The number of carbonyl (C=O) groups is 1.